The van der Waals surface area contributed by atoms with Crippen molar-refractivity contribution in [3.8, 4) is 6.07 Å². The van der Waals surface area contributed by atoms with E-state index in [1.807, 2.05) is 6.07 Å². The van der Waals surface area contributed by atoms with Gasteiger partial charge in [-0.25, -0.2) is 4.79 Å². The van der Waals surface area contributed by atoms with Crippen LogP contribution >= 0.6 is 0 Å². The Kier molecular flexibility index (Phi) is 2.42. The van der Waals surface area contributed by atoms with E-state index in [1.165, 1.54) is 0 Å². The molecule has 76 valence electrons. The van der Waals surface area contributed by atoms with Gasteiger partial charge in [0.15, 0.2) is 5.60 Å². The third-order valence-corrected chi connectivity index (χ3v) is 2.66. The van der Waals surface area contributed by atoms with Crippen molar-refractivity contribution in [3.63, 3.8) is 0 Å². The Balaban J connectivity index is 2.08. The molecule has 1 aliphatic carbocycles. The second kappa shape index (κ2) is 3.74. The third kappa shape index (κ3) is 1.84. The van der Waals surface area contributed by atoms with Crippen LogP contribution in [0.15, 0.2) is 30.3 Å². The summed E-state index contributed by atoms with van der Waals surface area (Å²) in [5.74, 6) is -0.406. The van der Waals surface area contributed by atoms with Gasteiger partial charge in [0.2, 0.25) is 0 Å². The summed E-state index contributed by atoms with van der Waals surface area (Å²) in [5.41, 5.74) is -0.355. The molecule has 1 saturated carbocycles. The largest absolute Gasteiger partial charge is 0.440 e. The molecule has 0 aromatic heterocycles. The standard InChI is InChI=1S/C12H11NO2/c13-9-12(7-4-8-12)15-11(14)10-5-2-1-3-6-10/h1-3,5-6H,4,7-8H2. The SMILES string of the molecule is N#CC1(OC(=O)c2ccccc2)CCC1. The Hall–Kier alpha value is -1.82. The van der Waals surface area contributed by atoms with Crippen LogP contribution in [0.4, 0.5) is 0 Å². The quantitative estimate of drug-likeness (QED) is 0.690. The minimum Gasteiger partial charge on any atom is -0.440 e. The average Bonchev–Trinajstić information content (AvgIpc) is 2.24. The average molecular weight is 201 g/mol. The zero-order valence-electron chi connectivity index (χ0n) is 8.27. The van der Waals surface area contributed by atoms with Crippen molar-refractivity contribution in [1.82, 2.24) is 0 Å². The van der Waals surface area contributed by atoms with Crippen molar-refractivity contribution in [2.45, 2.75) is 24.9 Å². The van der Waals surface area contributed by atoms with Gasteiger partial charge in [-0.05, 0) is 18.6 Å². The van der Waals surface area contributed by atoms with Gasteiger partial charge in [-0.15, -0.1) is 0 Å². The Labute approximate surface area is 88.3 Å². The van der Waals surface area contributed by atoms with Gasteiger partial charge in [-0.2, -0.15) is 5.26 Å². The predicted octanol–water partition coefficient (Wildman–Crippen LogP) is 2.29. The molecule has 2 rings (SSSR count). The lowest BCUT2D eigenvalue weighted by atomic mass is 9.81. The first-order valence-corrected chi connectivity index (χ1v) is 4.95. The number of esters is 1. The van der Waals surface area contributed by atoms with Gasteiger partial charge in [0.05, 0.1) is 5.56 Å². The molecule has 0 aliphatic heterocycles. The summed E-state index contributed by atoms with van der Waals surface area (Å²) in [7, 11) is 0. The lowest BCUT2D eigenvalue weighted by Crippen LogP contribution is -2.40. The van der Waals surface area contributed by atoms with E-state index in [2.05, 4.69) is 6.07 Å². The van der Waals surface area contributed by atoms with Crippen molar-refractivity contribution in [3.05, 3.63) is 35.9 Å². The van der Waals surface area contributed by atoms with Crippen LogP contribution in [0.5, 0.6) is 0 Å². The Bertz CT molecular complexity index is 401. The van der Waals surface area contributed by atoms with Crippen molar-refractivity contribution in [2.24, 2.45) is 0 Å². The number of benzene rings is 1. The highest BCUT2D eigenvalue weighted by atomic mass is 16.6. The van der Waals surface area contributed by atoms with Crippen molar-refractivity contribution >= 4 is 5.97 Å². The molecule has 0 N–H and O–H groups in total. The number of ether oxygens (including phenoxy) is 1. The van der Waals surface area contributed by atoms with E-state index in [4.69, 9.17) is 10.00 Å². The normalized spacial score (nSPS) is 17.3. The Morgan fingerprint density at radius 3 is 2.47 bits per heavy atom. The summed E-state index contributed by atoms with van der Waals surface area (Å²) in [5, 5.41) is 8.91. The predicted molar refractivity (Wildman–Crippen MR) is 54.1 cm³/mol. The van der Waals surface area contributed by atoms with Crippen LogP contribution in [0.25, 0.3) is 0 Å². The Morgan fingerprint density at radius 1 is 1.33 bits per heavy atom. The van der Waals surface area contributed by atoms with E-state index >= 15 is 0 Å². The van der Waals surface area contributed by atoms with Gasteiger partial charge in [0, 0.05) is 12.8 Å². The number of nitrogens with zero attached hydrogens (tertiary/aromatic N) is 1. The van der Waals surface area contributed by atoms with E-state index in [-0.39, 0.29) is 0 Å². The van der Waals surface area contributed by atoms with Crippen LogP contribution in [-0.2, 0) is 4.74 Å². The van der Waals surface area contributed by atoms with Crippen molar-refractivity contribution < 1.29 is 9.53 Å². The van der Waals surface area contributed by atoms with Crippen LogP contribution < -0.4 is 0 Å². The topological polar surface area (TPSA) is 50.1 Å². The van der Waals surface area contributed by atoms with Gasteiger partial charge in [0.25, 0.3) is 0 Å². The zero-order chi connectivity index (χ0) is 10.7. The molecule has 0 amide bonds. The van der Waals surface area contributed by atoms with Gasteiger partial charge < -0.3 is 4.74 Å². The summed E-state index contributed by atoms with van der Waals surface area (Å²) in [6.07, 6.45) is 2.26. The molecule has 0 atom stereocenters. The highest BCUT2D eigenvalue weighted by Crippen LogP contribution is 2.35. The fraction of sp³-hybridized carbons (Fsp3) is 0.333. The molecule has 0 heterocycles. The molecule has 1 aromatic rings. The number of carbonyl (C=O) groups excluding carboxylic acids is 1. The first-order valence-electron chi connectivity index (χ1n) is 4.95. The highest BCUT2D eigenvalue weighted by Gasteiger charge is 2.41. The minimum absolute atomic E-state index is 0.406. The molecule has 3 heteroatoms. The van der Waals surface area contributed by atoms with Gasteiger partial charge in [-0.1, -0.05) is 18.2 Å². The van der Waals surface area contributed by atoms with E-state index < -0.39 is 11.6 Å². The lowest BCUT2D eigenvalue weighted by molar-refractivity contribution is -0.0270. The molecule has 0 saturated heterocycles. The molecule has 0 spiro atoms. The molecule has 1 aromatic carbocycles. The van der Waals surface area contributed by atoms with Crippen molar-refractivity contribution in [2.75, 3.05) is 0 Å². The third-order valence-electron chi connectivity index (χ3n) is 2.66. The second-order valence-corrected chi connectivity index (χ2v) is 3.72. The van der Waals surface area contributed by atoms with Crippen LogP contribution in [0, 0.1) is 11.3 Å². The number of rotatable bonds is 2. The van der Waals surface area contributed by atoms with E-state index in [9.17, 15) is 4.79 Å². The highest BCUT2D eigenvalue weighted by molar-refractivity contribution is 5.89. The molecule has 15 heavy (non-hydrogen) atoms. The van der Waals surface area contributed by atoms with E-state index in [0.717, 1.165) is 6.42 Å². The summed E-state index contributed by atoms with van der Waals surface area (Å²) >= 11 is 0. The minimum atomic E-state index is -0.854. The smallest absolute Gasteiger partial charge is 0.339 e. The lowest BCUT2D eigenvalue weighted by Gasteiger charge is -2.34. The molecule has 1 fully saturated rings. The molecule has 0 radical (unpaired) electrons. The van der Waals surface area contributed by atoms with E-state index in [1.54, 1.807) is 24.3 Å². The van der Waals surface area contributed by atoms with Crippen LogP contribution in [0.1, 0.15) is 29.6 Å². The van der Waals surface area contributed by atoms with Crippen LogP contribution in [0.2, 0.25) is 0 Å². The number of hydrogen-bond donors (Lipinski definition) is 0. The molecule has 3 nitrogen and oxygen atoms in total. The first kappa shape index (κ1) is 9.72. The zero-order valence-corrected chi connectivity index (χ0v) is 8.27. The van der Waals surface area contributed by atoms with E-state index in [0.29, 0.717) is 18.4 Å². The molecule has 0 unspecified atom stereocenters. The second-order valence-electron chi connectivity index (χ2n) is 3.72. The molecule has 0 bridgehead atoms. The maximum absolute atomic E-state index is 11.6. The Morgan fingerprint density at radius 2 is 2.00 bits per heavy atom. The van der Waals surface area contributed by atoms with Gasteiger partial charge in [0.1, 0.15) is 6.07 Å². The number of carbonyl (C=O) groups is 1. The van der Waals surface area contributed by atoms with Crippen molar-refractivity contribution in [1.29, 1.82) is 5.26 Å². The number of nitriles is 1. The summed E-state index contributed by atoms with van der Waals surface area (Å²) in [6.45, 7) is 0. The van der Waals surface area contributed by atoms with Crippen LogP contribution in [0.3, 0.4) is 0 Å². The van der Waals surface area contributed by atoms with Crippen LogP contribution in [-0.4, -0.2) is 11.6 Å². The summed E-state index contributed by atoms with van der Waals surface area (Å²) in [6, 6.07) is 10.8. The van der Waals surface area contributed by atoms with Gasteiger partial charge >= 0.3 is 5.97 Å². The molecular formula is C12H11NO2. The maximum atomic E-state index is 11.6. The fourth-order valence-electron chi connectivity index (χ4n) is 1.55. The summed E-state index contributed by atoms with van der Waals surface area (Å²) in [4.78, 5) is 11.6. The summed E-state index contributed by atoms with van der Waals surface area (Å²) < 4.78 is 5.21. The fourth-order valence-corrected chi connectivity index (χ4v) is 1.55. The van der Waals surface area contributed by atoms with Gasteiger partial charge in [-0.3, -0.25) is 0 Å². The monoisotopic (exact) mass is 201 g/mol. The molecule has 1 aliphatic rings. The maximum Gasteiger partial charge on any atom is 0.339 e. The molecular weight excluding hydrogens is 190 g/mol. The first-order chi connectivity index (χ1) is 7.26. The number of hydrogen-bond acceptors (Lipinski definition) is 3.